The molecule has 76 heavy (non-hydrogen) atoms. The summed E-state index contributed by atoms with van der Waals surface area (Å²) in [6.07, 6.45) is 4.42. The van der Waals surface area contributed by atoms with E-state index in [9.17, 15) is 30.6 Å². The molecule has 390 valence electrons. The molecule has 10 rings (SSSR count). The number of aromatic hydroxyl groups is 6. The van der Waals surface area contributed by atoms with Gasteiger partial charge in [0.25, 0.3) is 0 Å². The molecule has 0 bridgehead atoms. The Morgan fingerprint density at radius 3 is 0.605 bits per heavy atom. The molecule has 0 aromatic heterocycles. The molecule has 0 aliphatic carbocycles. The first kappa shape index (κ1) is 59.6. The second-order valence-electron chi connectivity index (χ2n) is 17.4. The molecule has 0 saturated heterocycles. The quantitative estimate of drug-likeness (QED) is 0.0801. The molecule has 10 aromatic carbocycles. The van der Waals surface area contributed by atoms with E-state index in [1.165, 1.54) is 80.9 Å². The second kappa shape index (κ2) is 30.9. The number of phenolic OH excluding ortho intramolecular Hbond substituents is 6. The van der Waals surface area contributed by atoms with Crippen LogP contribution in [0.1, 0.15) is 64.8 Å². The first-order chi connectivity index (χ1) is 36.0. The smallest absolute Gasteiger partial charge is 0.123 e. The van der Waals surface area contributed by atoms with Crippen molar-refractivity contribution in [1.29, 1.82) is 0 Å². The van der Waals surface area contributed by atoms with Crippen LogP contribution >= 0.6 is 0 Å². The van der Waals surface area contributed by atoms with Crippen molar-refractivity contribution in [3.05, 3.63) is 265 Å². The van der Waals surface area contributed by atoms with Crippen LogP contribution in [0.2, 0.25) is 0 Å². The van der Waals surface area contributed by atoms with Gasteiger partial charge in [0.2, 0.25) is 0 Å². The van der Waals surface area contributed by atoms with E-state index in [4.69, 9.17) is 0 Å². The van der Waals surface area contributed by atoms with Gasteiger partial charge in [0.1, 0.15) is 34.5 Å². The third-order valence-corrected chi connectivity index (χ3v) is 12.3. The summed E-state index contributed by atoms with van der Waals surface area (Å²) < 4.78 is 0. The topological polar surface area (TPSA) is 121 Å². The number of rotatable bonds is 9. The molecule has 0 fully saturated rings. The predicted octanol–water partition coefficient (Wildman–Crippen LogP) is 18.5. The maximum absolute atomic E-state index is 9.58. The molecule has 0 atom stereocenters. The average molecular weight is 1010 g/mol. The number of phenols is 6. The molecule has 0 radical (unpaired) electrons. The van der Waals surface area contributed by atoms with Crippen LogP contribution in [0.3, 0.4) is 0 Å². The van der Waals surface area contributed by atoms with E-state index in [0.717, 1.165) is 42.4 Å². The zero-order valence-corrected chi connectivity index (χ0v) is 42.6. The number of benzene rings is 10. The van der Waals surface area contributed by atoms with Gasteiger partial charge in [-0.3, -0.25) is 0 Å². The molecule has 10 aromatic rings. The van der Waals surface area contributed by atoms with Gasteiger partial charge in [-0.15, -0.1) is 0 Å². The minimum absolute atomic E-state index is 0. The monoisotopic (exact) mass is 1010 g/mol. The first-order valence-electron chi connectivity index (χ1n) is 25.1. The lowest BCUT2D eigenvalue weighted by Crippen LogP contribution is -1.83. The van der Waals surface area contributed by atoms with Crippen LogP contribution < -0.4 is 0 Å². The zero-order chi connectivity index (χ0) is 52.7. The van der Waals surface area contributed by atoms with Gasteiger partial charge in [0.05, 0.1) is 0 Å². The van der Waals surface area contributed by atoms with Crippen molar-refractivity contribution in [2.24, 2.45) is 0 Å². The zero-order valence-electron chi connectivity index (χ0n) is 42.6. The maximum Gasteiger partial charge on any atom is 0.123 e. The van der Waals surface area contributed by atoms with Crippen molar-refractivity contribution >= 4 is 0 Å². The van der Waals surface area contributed by atoms with E-state index < -0.39 is 0 Å². The molecule has 6 N–H and O–H groups in total. The number of hydrogen-bond donors (Lipinski definition) is 6. The Morgan fingerprint density at radius 2 is 0.421 bits per heavy atom. The fraction of sp³-hybridized carbons (Fsp3) is 0.143. The Labute approximate surface area is 451 Å². The average Bonchev–Trinajstić information content (AvgIpc) is 3.46. The van der Waals surface area contributed by atoms with Crippen LogP contribution in [0.4, 0.5) is 0 Å². The van der Waals surface area contributed by atoms with Crippen molar-refractivity contribution in [3.63, 3.8) is 0 Å². The Kier molecular flexibility index (Phi) is 24.2. The fourth-order valence-electron chi connectivity index (χ4n) is 7.85. The Bertz CT molecular complexity index is 2820. The molecule has 6 heteroatoms. The van der Waals surface area contributed by atoms with E-state index in [-0.39, 0.29) is 49.4 Å². The van der Waals surface area contributed by atoms with Crippen LogP contribution in [0.5, 0.6) is 34.5 Å². The summed E-state index contributed by atoms with van der Waals surface area (Å²) in [5.41, 5.74) is 15.4. The maximum atomic E-state index is 9.58. The van der Waals surface area contributed by atoms with Crippen molar-refractivity contribution < 1.29 is 30.6 Å². The molecule has 0 aliphatic heterocycles. The van der Waals surface area contributed by atoms with Crippen LogP contribution in [0, 0.1) is 0 Å². The van der Waals surface area contributed by atoms with E-state index in [1.807, 2.05) is 91.0 Å². The van der Waals surface area contributed by atoms with E-state index in [0.29, 0.717) is 16.7 Å². The number of aryl methyl sites for hydroxylation is 4. The van der Waals surface area contributed by atoms with Gasteiger partial charge >= 0.3 is 0 Å². The van der Waals surface area contributed by atoms with Crippen molar-refractivity contribution in [2.45, 2.75) is 68.2 Å². The summed E-state index contributed by atoms with van der Waals surface area (Å²) in [5.74, 6) is 0.988. The molecule has 0 aliphatic rings. The van der Waals surface area contributed by atoms with Gasteiger partial charge in [-0.1, -0.05) is 231 Å². The Balaban J connectivity index is 0.000000204. The summed E-state index contributed by atoms with van der Waals surface area (Å²) in [7, 11) is 0. The standard InChI is InChI=1S/2C16H18.3C12H10O2.2CH4/c2*1-3-13-5-9-15(10-6-13)16-11-7-14(4-2)8-12-16;3*13-10-6-7-12(14)11(8-10)9-4-2-1-3-5-9;;/h2*5-12H,3-4H2,1-2H3;3*1-8,13-14H;2*1H4. The van der Waals surface area contributed by atoms with Crippen molar-refractivity contribution in [2.75, 3.05) is 0 Å². The lowest BCUT2D eigenvalue weighted by atomic mass is 10.0. The largest absolute Gasteiger partial charge is 0.508 e. The lowest BCUT2D eigenvalue weighted by Gasteiger charge is -2.04. The normalized spacial score (nSPS) is 9.89. The first-order valence-corrected chi connectivity index (χ1v) is 25.1. The minimum atomic E-state index is 0. The molecule has 0 amide bonds. The van der Waals surface area contributed by atoms with Crippen LogP contribution in [0.15, 0.2) is 243 Å². The van der Waals surface area contributed by atoms with Crippen LogP contribution in [-0.2, 0) is 25.7 Å². The van der Waals surface area contributed by atoms with E-state index in [2.05, 4.69) is 125 Å². The highest BCUT2D eigenvalue weighted by molar-refractivity contribution is 5.73. The summed E-state index contributed by atoms with van der Waals surface area (Å²) in [5, 5.41) is 56.6. The summed E-state index contributed by atoms with van der Waals surface area (Å²) in [4.78, 5) is 0. The minimum Gasteiger partial charge on any atom is -0.508 e. The molecule has 0 saturated carbocycles. The Hall–Kier alpha value is -9.00. The van der Waals surface area contributed by atoms with Gasteiger partial charge in [0.15, 0.2) is 0 Å². The summed E-state index contributed by atoms with van der Waals surface area (Å²) in [6.45, 7) is 8.74. The van der Waals surface area contributed by atoms with Crippen LogP contribution in [-0.4, -0.2) is 30.6 Å². The SMILES string of the molecule is C.C.CCc1ccc(-c2ccc(CC)cc2)cc1.CCc1ccc(-c2ccc(CC)cc2)cc1.Oc1ccc(O)c(-c2ccccc2)c1.Oc1ccc(O)c(-c2ccccc2)c1.Oc1ccc(O)c(-c2ccccc2)c1. The van der Waals surface area contributed by atoms with Gasteiger partial charge in [0, 0.05) is 16.7 Å². The summed E-state index contributed by atoms with van der Waals surface area (Å²) >= 11 is 0. The predicted molar refractivity (Wildman–Crippen MR) is 320 cm³/mol. The van der Waals surface area contributed by atoms with Gasteiger partial charge in [-0.05, 0) is 141 Å². The second-order valence-corrected chi connectivity index (χ2v) is 17.4. The van der Waals surface area contributed by atoms with Gasteiger partial charge in [-0.2, -0.15) is 0 Å². The highest BCUT2D eigenvalue weighted by Crippen LogP contribution is 2.34. The third kappa shape index (κ3) is 17.9. The molecular weight excluding hydrogens is 937 g/mol. The highest BCUT2D eigenvalue weighted by Gasteiger charge is 2.07. The lowest BCUT2D eigenvalue weighted by molar-refractivity contribution is 0.462. The molecular formula is C70H74O6. The van der Waals surface area contributed by atoms with E-state index in [1.54, 1.807) is 18.2 Å². The molecule has 0 unspecified atom stereocenters. The molecule has 0 heterocycles. The number of hydrogen-bond acceptors (Lipinski definition) is 6. The molecule has 0 spiro atoms. The van der Waals surface area contributed by atoms with Crippen molar-refractivity contribution in [1.82, 2.24) is 0 Å². The fourth-order valence-corrected chi connectivity index (χ4v) is 7.85. The van der Waals surface area contributed by atoms with Crippen molar-refractivity contribution in [3.8, 4) is 90.1 Å². The van der Waals surface area contributed by atoms with Gasteiger partial charge < -0.3 is 30.6 Å². The summed E-state index contributed by atoms with van der Waals surface area (Å²) in [6, 6.07) is 77.2. The third-order valence-electron chi connectivity index (χ3n) is 12.3. The van der Waals surface area contributed by atoms with E-state index >= 15 is 0 Å². The highest BCUT2D eigenvalue weighted by atomic mass is 16.3. The molecule has 6 nitrogen and oxygen atoms in total. The van der Waals surface area contributed by atoms with Gasteiger partial charge in [-0.25, -0.2) is 0 Å². The Morgan fingerprint density at radius 1 is 0.224 bits per heavy atom. The van der Waals surface area contributed by atoms with Crippen LogP contribution in [0.25, 0.3) is 55.6 Å².